The lowest BCUT2D eigenvalue weighted by molar-refractivity contribution is 0.0931. The molecule has 0 aliphatic rings. The van der Waals surface area contributed by atoms with E-state index in [1.807, 2.05) is 64.1 Å². The molecule has 0 aliphatic heterocycles. The highest BCUT2D eigenvalue weighted by molar-refractivity contribution is 5.95. The van der Waals surface area contributed by atoms with Crippen LogP contribution in [0.1, 0.15) is 41.9 Å². The minimum absolute atomic E-state index is 0.0680. The Kier molecular flexibility index (Phi) is 6.45. The molecule has 0 bridgehead atoms. The molecule has 0 spiro atoms. The summed E-state index contributed by atoms with van der Waals surface area (Å²) in [5.41, 5.74) is 4.95. The quantitative estimate of drug-likeness (QED) is 0.616. The van der Waals surface area contributed by atoms with Gasteiger partial charge in [0, 0.05) is 17.7 Å². The molecule has 0 radical (unpaired) electrons. The predicted octanol–water partition coefficient (Wildman–Crippen LogP) is 4.70. The first-order valence-corrected chi connectivity index (χ1v) is 10.1. The van der Waals surface area contributed by atoms with Gasteiger partial charge in [-0.2, -0.15) is 5.10 Å². The van der Waals surface area contributed by atoms with Crippen LogP contribution in [0.2, 0.25) is 0 Å². The van der Waals surface area contributed by atoms with Crippen molar-refractivity contribution in [3.63, 3.8) is 0 Å². The third-order valence-corrected chi connectivity index (χ3v) is 5.21. The zero-order valence-electron chi connectivity index (χ0n) is 18.4. The van der Waals surface area contributed by atoms with Crippen molar-refractivity contribution >= 4 is 5.91 Å². The van der Waals surface area contributed by atoms with E-state index in [-0.39, 0.29) is 11.9 Å². The van der Waals surface area contributed by atoms with Gasteiger partial charge < -0.3 is 14.8 Å². The summed E-state index contributed by atoms with van der Waals surface area (Å²) < 4.78 is 12.6. The Labute approximate surface area is 177 Å². The minimum Gasteiger partial charge on any atom is -0.497 e. The predicted molar refractivity (Wildman–Crippen MR) is 119 cm³/mol. The van der Waals surface area contributed by atoms with Gasteiger partial charge in [-0.3, -0.25) is 4.79 Å². The van der Waals surface area contributed by atoms with Gasteiger partial charge in [-0.15, -0.1) is 0 Å². The van der Waals surface area contributed by atoms with Crippen LogP contribution in [0.3, 0.4) is 0 Å². The van der Waals surface area contributed by atoms with Gasteiger partial charge in [0.2, 0.25) is 0 Å². The van der Waals surface area contributed by atoms with Crippen LogP contribution in [0.15, 0.2) is 42.5 Å². The second-order valence-corrected chi connectivity index (χ2v) is 7.47. The standard InChI is InChI=1S/C24H29N3O3/c1-7-17(4)25-24(28)22-14-20(19-11-10-18(29-5)13-23(19)30-6)26-27(22)21-12-15(2)8-9-16(21)3/h8-14,17H,7H2,1-6H3,(H,25,28)/t17-/m0/s1. The number of benzene rings is 2. The Bertz CT molecular complexity index is 1060. The second-order valence-electron chi connectivity index (χ2n) is 7.47. The molecule has 158 valence electrons. The SMILES string of the molecule is CC[C@H](C)NC(=O)c1cc(-c2ccc(OC)cc2OC)nn1-c1cc(C)ccc1C. The number of nitrogens with one attached hydrogen (secondary N) is 1. The molecule has 6 nitrogen and oxygen atoms in total. The molecule has 1 heterocycles. The van der Waals surface area contributed by atoms with Crippen LogP contribution in [0, 0.1) is 13.8 Å². The van der Waals surface area contributed by atoms with Crippen LogP contribution < -0.4 is 14.8 Å². The van der Waals surface area contributed by atoms with E-state index in [1.165, 1.54) is 0 Å². The van der Waals surface area contributed by atoms with Crippen molar-refractivity contribution in [1.29, 1.82) is 0 Å². The van der Waals surface area contributed by atoms with E-state index in [1.54, 1.807) is 18.9 Å². The zero-order chi connectivity index (χ0) is 21.8. The Hall–Kier alpha value is -3.28. The van der Waals surface area contributed by atoms with E-state index in [2.05, 4.69) is 11.4 Å². The van der Waals surface area contributed by atoms with E-state index in [9.17, 15) is 4.79 Å². The number of aromatic nitrogens is 2. The molecule has 30 heavy (non-hydrogen) atoms. The topological polar surface area (TPSA) is 65.4 Å². The average molecular weight is 408 g/mol. The summed E-state index contributed by atoms with van der Waals surface area (Å²) in [5.74, 6) is 1.17. The number of hydrogen-bond donors (Lipinski definition) is 1. The molecule has 1 atom stereocenters. The molecular formula is C24H29N3O3. The third kappa shape index (κ3) is 4.32. The van der Waals surface area contributed by atoms with Crippen LogP contribution in [0.5, 0.6) is 11.5 Å². The van der Waals surface area contributed by atoms with E-state index < -0.39 is 0 Å². The molecule has 0 saturated heterocycles. The van der Waals surface area contributed by atoms with Gasteiger partial charge in [0.25, 0.3) is 5.91 Å². The van der Waals surface area contributed by atoms with Crippen LogP contribution in [0.4, 0.5) is 0 Å². The summed E-state index contributed by atoms with van der Waals surface area (Å²) in [6.07, 6.45) is 0.850. The molecule has 3 rings (SSSR count). The second kappa shape index (κ2) is 9.03. The Morgan fingerprint density at radius 2 is 1.87 bits per heavy atom. The normalized spacial score (nSPS) is 11.8. The minimum atomic E-state index is -0.156. The van der Waals surface area contributed by atoms with Gasteiger partial charge in [-0.25, -0.2) is 4.68 Å². The van der Waals surface area contributed by atoms with Crippen LogP contribution >= 0.6 is 0 Å². The largest absolute Gasteiger partial charge is 0.497 e. The summed E-state index contributed by atoms with van der Waals surface area (Å²) in [6, 6.07) is 13.6. The van der Waals surface area contributed by atoms with Crippen LogP contribution in [0.25, 0.3) is 16.9 Å². The Morgan fingerprint density at radius 3 is 2.53 bits per heavy atom. The fourth-order valence-electron chi connectivity index (χ4n) is 3.22. The Morgan fingerprint density at radius 1 is 1.10 bits per heavy atom. The van der Waals surface area contributed by atoms with E-state index in [0.29, 0.717) is 22.9 Å². The average Bonchev–Trinajstić information content (AvgIpc) is 3.19. The smallest absolute Gasteiger partial charge is 0.270 e. The van der Waals surface area contributed by atoms with Gasteiger partial charge in [-0.05, 0) is 62.6 Å². The summed E-state index contributed by atoms with van der Waals surface area (Å²) in [5, 5.41) is 7.86. The van der Waals surface area contributed by atoms with Gasteiger partial charge in [0.15, 0.2) is 0 Å². The molecule has 2 aromatic carbocycles. The molecule has 0 aliphatic carbocycles. The van der Waals surface area contributed by atoms with Crippen molar-refractivity contribution in [3.05, 3.63) is 59.3 Å². The van der Waals surface area contributed by atoms with Gasteiger partial charge in [0.05, 0.1) is 25.6 Å². The molecule has 1 aromatic heterocycles. The lowest BCUT2D eigenvalue weighted by Crippen LogP contribution is -2.33. The van der Waals surface area contributed by atoms with Crippen LogP contribution in [-0.4, -0.2) is 35.9 Å². The maximum Gasteiger partial charge on any atom is 0.270 e. The zero-order valence-corrected chi connectivity index (χ0v) is 18.4. The van der Waals surface area contributed by atoms with Crippen LogP contribution in [-0.2, 0) is 0 Å². The number of hydrogen-bond acceptors (Lipinski definition) is 4. The van der Waals surface area contributed by atoms with Gasteiger partial charge >= 0.3 is 0 Å². The number of carbonyl (C=O) groups is 1. The fraction of sp³-hybridized carbons (Fsp3) is 0.333. The van der Waals surface area contributed by atoms with Crippen molar-refractivity contribution in [2.75, 3.05) is 14.2 Å². The molecule has 0 fully saturated rings. The number of nitrogens with zero attached hydrogens (tertiary/aromatic N) is 2. The highest BCUT2D eigenvalue weighted by Crippen LogP contribution is 2.34. The maximum absolute atomic E-state index is 13.1. The highest BCUT2D eigenvalue weighted by atomic mass is 16.5. The Balaban J connectivity index is 2.18. The first-order valence-electron chi connectivity index (χ1n) is 10.1. The number of aryl methyl sites for hydroxylation is 2. The number of methoxy groups -OCH3 is 2. The number of ether oxygens (including phenoxy) is 2. The van der Waals surface area contributed by atoms with Crippen molar-refractivity contribution in [2.24, 2.45) is 0 Å². The summed E-state index contributed by atoms with van der Waals surface area (Å²) in [7, 11) is 3.22. The molecular weight excluding hydrogens is 378 g/mol. The fourth-order valence-corrected chi connectivity index (χ4v) is 3.22. The summed E-state index contributed by atoms with van der Waals surface area (Å²) in [4.78, 5) is 13.1. The molecule has 1 amide bonds. The van der Waals surface area contributed by atoms with Gasteiger partial charge in [-0.1, -0.05) is 19.1 Å². The molecule has 0 saturated carbocycles. The van der Waals surface area contributed by atoms with Crippen molar-refractivity contribution in [1.82, 2.24) is 15.1 Å². The third-order valence-electron chi connectivity index (χ3n) is 5.21. The number of amides is 1. The van der Waals surface area contributed by atoms with Crippen molar-refractivity contribution in [3.8, 4) is 28.4 Å². The number of carbonyl (C=O) groups excluding carboxylic acids is 1. The molecule has 6 heteroatoms. The highest BCUT2D eigenvalue weighted by Gasteiger charge is 2.21. The molecule has 1 N–H and O–H groups in total. The summed E-state index contributed by atoms with van der Waals surface area (Å²) >= 11 is 0. The van der Waals surface area contributed by atoms with E-state index in [0.717, 1.165) is 28.8 Å². The lowest BCUT2D eigenvalue weighted by atomic mass is 10.1. The van der Waals surface area contributed by atoms with E-state index >= 15 is 0 Å². The first kappa shape index (κ1) is 21.4. The maximum atomic E-state index is 13.1. The number of rotatable bonds is 7. The van der Waals surface area contributed by atoms with E-state index in [4.69, 9.17) is 14.6 Å². The first-order chi connectivity index (χ1) is 14.4. The summed E-state index contributed by atoms with van der Waals surface area (Å²) in [6.45, 7) is 8.07. The lowest BCUT2D eigenvalue weighted by Gasteiger charge is -2.14. The van der Waals surface area contributed by atoms with Crippen molar-refractivity contribution < 1.29 is 14.3 Å². The molecule has 3 aromatic rings. The monoisotopic (exact) mass is 407 g/mol. The molecule has 0 unspecified atom stereocenters. The van der Waals surface area contributed by atoms with Gasteiger partial charge in [0.1, 0.15) is 17.2 Å². The van der Waals surface area contributed by atoms with Crippen molar-refractivity contribution in [2.45, 2.75) is 40.2 Å².